The summed E-state index contributed by atoms with van der Waals surface area (Å²) in [6.45, 7) is 6.29. The molecule has 25 heavy (non-hydrogen) atoms. The van der Waals surface area contributed by atoms with Crippen molar-refractivity contribution in [2.24, 2.45) is 0 Å². The third-order valence-corrected chi connectivity index (χ3v) is 4.30. The second kappa shape index (κ2) is 7.38. The van der Waals surface area contributed by atoms with Gasteiger partial charge in [0.25, 0.3) is 0 Å². The van der Waals surface area contributed by atoms with Crippen LogP contribution in [0.25, 0.3) is 22.9 Å². The first kappa shape index (κ1) is 17.0. The highest BCUT2D eigenvalue weighted by Crippen LogP contribution is 2.26. The zero-order valence-corrected chi connectivity index (χ0v) is 15.2. The lowest BCUT2D eigenvalue weighted by Crippen LogP contribution is -2.21. The van der Waals surface area contributed by atoms with Crippen molar-refractivity contribution in [3.8, 4) is 22.9 Å². The quantitative estimate of drug-likeness (QED) is 0.671. The molecule has 0 aliphatic carbocycles. The van der Waals surface area contributed by atoms with Crippen LogP contribution in [0.15, 0.2) is 52.9 Å². The normalized spacial score (nSPS) is 10.7. The molecule has 1 aromatic heterocycles. The minimum Gasteiger partial charge on any atom is -0.416 e. The first-order valence-electron chi connectivity index (χ1n) is 8.59. The molecule has 0 aliphatic heterocycles. The fraction of sp³-hybridized carbons (Fsp3) is 0.300. The molecule has 130 valence electrons. The van der Waals surface area contributed by atoms with Crippen LogP contribution in [0.5, 0.6) is 0 Å². The Morgan fingerprint density at radius 3 is 1.56 bits per heavy atom. The minimum absolute atomic E-state index is 0.535. The molecular formula is C20H24N4O. The molecule has 0 aliphatic rings. The monoisotopic (exact) mass is 336 g/mol. The lowest BCUT2D eigenvalue weighted by molar-refractivity contribution is 0.584. The molecule has 0 bridgehead atoms. The van der Waals surface area contributed by atoms with Gasteiger partial charge >= 0.3 is 0 Å². The molecule has 0 saturated carbocycles. The second-order valence-corrected chi connectivity index (χ2v) is 6.07. The molecular weight excluding hydrogens is 312 g/mol. The number of hydrogen-bond donors (Lipinski definition) is 0. The van der Waals surface area contributed by atoms with Gasteiger partial charge < -0.3 is 14.2 Å². The van der Waals surface area contributed by atoms with E-state index in [0.29, 0.717) is 11.8 Å². The molecule has 3 aromatic rings. The molecule has 0 fully saturated rings. The van der Waals surface area contributed by atoms with E-state index < -0.39 is 0 Å². The van der Waals surface area contributed by atoms with Crippen LogP contribution >= 0.6 is 0 Å². The van der Waals surface area contributed by atoms with Gasteiger partial charge in [0, 0.05) is 49.7 Å². The van der Waals surface area contributed by atoms with Gasteiger partial charge in [-0.15, -0.1) is 10.2 Å². The third kappa shape index (κ3) is 3.65. The smallest absolute Gasteiger partial charge is 0.248 e. The second-order valence-electron chi connectivity index (χ2n) is 6.07. The number of rotatable bonds is 6. The standard InChI is InChI=1S/C20H24N4O/c1-5-24(6-2)18-13-9-16(10-14-18)20-22-21-19(25-20)15-7-11-17(12-8-15)23(3)4/h7-14H,5-6H2,1-4H3. The highest BCUT2D eigenvalue weighted by Gasteiger charge is 2.11. The zero-order valence-electron chi connectivity index (χ0n) is 15.2. The van der Waals surface area contributed by atoms with Gasteiger partial charge in [-0.2, -0.15) is 0 Å². The first-order chi connectivity index (χ1) is 12.1. The molecule has 3 rings (SSSR count). The first-order valence-corrected chi connectivity index (χ1v) is 8.59. The number of aromatic nitrogens is 2. The molecule has 0 atom stereocenters. The van der Waals surface area contributed by atoms with E-state index in [1.807, 2.05) is 50.5 Å². The molecule has 0 saturated heterocycles. The Kier molecular flexibility index (Phi) is 5.03. The Balaban J connectivity index is 1.81. The molecule has 0 radical (unpaired) electrons. The fourth-order valence-electron chi connectivity index (χ4n) is 2.76. The van der Waals surface area contributed by atoms with E-state index >= 15 is 0 Å². The largest absolute Gasteiger partial charge is 0.416 e. The number of nitrogens with zero attached hydrogens (tertiary/aromatic N) is 4. The topological polar surface area (TPSA) is 45.4 Å². The van der Waals surface area contributed by atoms with Gasteiger partial charge in [-0.05, 0) is 62.4 Å². The highest BCUT2D eigenvalue weighted by atomic mass is 16.4. The maximum absolute atomic E-state index is 5.86. The fourth-order valence-corrected chi connectivity index (χ4v) is 2.76. The van der Waals surface area contributed by atoms with E-state index in [4.69, 9.17) is 4.42 Å². The number of hydrogen-bond acceptors (Lipinski definition) is 5. The Hall–Kier alpha value is -2.82. The van der Waals surface area contributed by atoms with Gasteiger partial charge in [0.1, 0.15) is 0 Å². The molecule has 1 heterocycles. The van der Waals surface area contributed by atoms with Gasteiger partial charge in [0.05, 0.1) is 0 Å². The maximum Gasteiger partial charge on any atom is 0.248 e. The highest BCUT2D eigenvalue weighted by molar-refractivity contribution is 5.62. The van der Waals surface area contributed by atoms with Crippen LogP contribution in [0.3, 0.4) is 0 Å². The summed E-state index contributed by atoms with van der Waals surface area (Å²) in [6.07, 6.45) is 0. The molecule has 0 N–H and O–H groups in total. The summed E-state index contributed by atoms with van der Waals surface area (Å²) in [5.74, 6) is 1.07. The van der Waals surface area contributed by atoms with Crippen LogP contribution in [-0.2, 0) is 0 Å². The van der Waals surface area contributed by atoms with E-state index in [1.54, 1.807) is 0 Å². The SMILES string of the molecule is CCN(CC)c1ccc(-c2nnc(-c3ccc(N(C)C)cc3)o2)cc1. The molecule has 0 spiro atoms. The van der Waals surface area contributed by atoms with Crippen molar-refractivity contribution in [1.29, 1.82) is 0 Å². The average Bonchev–Trinajstić information content (AvgIpc) is 3.13. The van der Waals surface area contributed by atoms with Gasteiger partial charge in [0.15, 0.2) is 0 Å². The van der Waals surface area contributed by atoms with Crippen LogP contribution in [-0.4, -0.2) is 37.4 Å². The molecule has 0 unspecified atom stereocenters. The van der Waals surface area contributed by atoms with Crippen molar-refractivity contribution in [2.75, 3.05) is 37.0 Å². The van der Waals surface area contributed by atoms with E-state index in [0.717, 1.165) is 29.9 Å². The van der Waals surface area contributed by atoms with E-state index in [2.05, 4.69) is 46.0 Å². The lowest BCUT2D eigenvalue weighted by Gasteiger charge is -2.20. The number of benzene rings is 2. The van der Waals surface area contributed by atoms with E-state index in [1.165, 1.54) is 5.69 Å². The Labute approximate surface area is 148 Å². The summed E-state index contributed by atoms with van der Waals surface area (Å²) < 4.78 is 5.86. The lowest BCUT2D eigenvalue weighted by atomic mass is 10.2. The zero-order chi connectivity index (χ0) is 17.8. The summed E-state index contributed by atoms with van der Waals surface area (Å²) in [7, 11) is 4.03. The number of anilines is 2. The molecule has 2 aromatic carbocycles. The van der Waals surface area contributed by atoms with Crippen LogP contribution in [0.2, 0.25) is 0 Å². The Morgan fingerprint density at radius 1 is 0.720 bits per heavy atom. The van der Waals surface area contributed by atoms with Crippen LogP contribution in [0.1, 0.15) is 13.8 Å². The molecule has 0 amide bonds. The minimum atomic E-state index is 0.535. The van der Waals surface area contributed by atoms with Crippen molar-refractivity contribution in [1.82, 2.24) is 10.2 Å². The van der Waals surface area contributed by atoms with Crippen molar-refractivity contribution in [2.45, 2.75) is 13.8 Å². The summed E-state index contributed by atoms with van der Waals surface area (Å²) in [5, 5.41) is 8.38. The van der Waals surface area contributed by atoms with Crippen molar-refractivity contribution < 1.29 is 4.42 Å². The summed E-state index contributed by atoms with van der Waals surface area (Å²) >= 11 is 0. The van der Waals surface area contributed by atoms with Gasteiger partial charge in [0.2, 0.25) is 11.8 Å². The Bertz CT molecular complexity index is 802. The summed E-state index contributed by atoms with van der Waals surface area (Å²) in [4.78, 5) is 4.36. The predicted molar refractivity (Wildman–Crippen MR) is 103 cm³/mol. The van der Waals surface area contributed by atoms with E-state index in [9.17, 15) is 0 Å². The van der Waals surface area contributed by atoms with Crippen LogP contribution < -0.4 is 9.80 Å². The van der Waals surface area contributed by atoms with E-state index in [-0.39, 0.29) is 0 Å². The van der Waals surface area contributed by atoms with Gasteiger partial charge in [-0.3, -0.25) is 0 Å². The maximum atomic E-state index is 5.86. The van der Waals surface area contributed by atoms with Gasteiger partial charge in [-0.1, -0.05) is 0 Å². The van der Waals surface area contributed by atoms with Crippen molar-refractivity contribution in [3.63, 3.8) is 0 Å². The van der Waals surface area contributed by atoms with Crippen LogP contribution in [0, 0.1) is 0 Å². The predicted octanol–water partition coefficient (Wildman–Crippen LogP) is 4.32. The summed E-state index contributed by atoms with van der Waals surface area (Å²) in [5.41, 5.74) is 4.19. The Morgan fingerprint density at radius 2 is 1.16 bits per heavy atom. The van der Waals surface area contributed by atoms with Gasteiger partial charge in [-0.25, -0.2) is 0 Å². The van der Waals surface area contributed by atoms with Crippen molar-refractivity contribution >= 4 is 11.4 Å². The van der Waals surface area contributed by atoms with Crippen LogP contribution in [0.4, 0.5) is 11.4 Å². The molecule has 5 nitrogen and oxygen atoms in total. The molecule has 5 heteroatoms. The average molecular weight is 336 g/mol. The summed E-state index contributed by atoms with van der Waals surface area (Å²) in [6, 6.07) is 16.3. The third-order valence-electron chi connectivity index (χ3n) is 4.30. The van der Waals surface area contributed by atoms with Crippen molar-refractivity contribution in [3.05, 3.63) is 48.5 Å².